The lowest BCUT2D eigenvalue weighted by atomic mass is 10.1. The number of carbonyl (C=O) groups is 2. The van der Waals surface area contributed by atoms with E-state index in [-0.39, 0.29) is 6.54 Å². The highest BCUT2D eigenvalue weighted by Crippen LogP contribution is 2.43. The van der Waals surface area contributed by atoms with Crippen LogP contribution in [0.25, 0.3) is 0 Å². The lowest BCUT2D eigenvalue weighted by molar-refractivity contribution is -0.144. The van der Waals surface area contributed by atoms with Gasteiger partial charge >= 0.3 is 12.1 Å². The van der Waals surface area contributed by atoms with Gasteiger partial charge in [-0.15, -0.1) is 0 Å². The number of rotatable bonds is 9. The van der Waals surface area contributed by atoms with Crippen LogP contribution in [0.5, 0.6) is 11.5 Å². The zero-order valence-corrected chi connectivity index (χ0v) is 19.5. The molecule has 0 aliphatic heterocycles. The second-order valence-electron chi connectivity index (χ2n) is 8.58. The molecule has 1 saturated carbocycles. The molecular weight excluding hydrogens is 436 g/mol. The Bertz CT molecular complexity index is 1160. The number of carboxylic acid groups (broad SMARTS) is 1. The van der Waals surface area contributed by atoms with Crippen molar-refractivity contribution in [1.82, 2.24) is 9.88 Å². The molecule has 0 radical (unpaired) electrons. The predicted molar refractivity (Wildman–Crippen MR) is 124 cm³/mol. The van der Waals surface area contributed by atoms with Gasteiger partial charge in [-0.3, -0.25) is 4.90 Å². The largest absolute Gasteiger partial charge is 0.493 e. The van der Waals surface area contributed by atoms with Gasteiger partial charge in [-0.05, 0) is 56.5 Å². The molecule has 0 bridgehead atoms. The Labute approximate surface area is 198 Å². The van der Waals surface area contributed by atoms with E-state index in [1.165, 1.54) is 4.90 Å². The number of benzene rings is 2. The minimum Gasteiger partial charge on any atom is -0.493 e. The fourth-order valence-corrected chi connectivity index (χ4v) is 3.81. The van der Waals surface area contributed by atoms with Gasteiger partial charge in [0.2, 0.25) is 0 Å². The van der Waals surface area contributed by atoms with E-state index in [4.69, 9.17) is 13.9 Å². The van der Waals surface area contributed by atoms with Crippen molar-refractivity contribution in [2.45, 2.75) is 52.1 Å². The molecule has 1 aliphatic rings. The van der Waals surface area contributed by atoms with Crippen LogP contribution in [-0.4, -0.2) is 39.2 Å². The van der Waals surface area contributed by atoms with Crippen molar-refractivity contribution in [2.75, 3.05) is 6.61 Å². The van der Waals surface area contributed by atoms with E-state index >= 15 is 0 Å². The Balaban J connectivity index is 1.40. The molecule has 1 aromatic heterocycles. The van der Waals surface area contributed by atoms with Crippen molar-refractivity contribution < 1.29 is 28.6 Å². The minimum absolute atomic E-state index is 0.120. The first-order chi connectivity index (χ1) is 16.3. The highest BCUT2D eigenvalue weighted by atomic mass is 16.6. The number of ether oxygens (including phenoxy) is 2. The molecule has 0 unspecified atom stereocenters. The zero-order valence-electron chi connectivity index (χ0n) is 19.5. The van der Waals surface area contributed by atoms with E-state index in [1.54, 1.807) is 24.3 Å². The van der Waals surface area contributed by atoms with E-state index in [9.17, 15) is 14.7 Å². The highest BCUT2D eigenvalue weighted by molar-refractivity contribution is 5.88. The number of aryl methyl sites for hydroxylation is 3. The molecular formula is C26H28N2O6. The number of aromatic nitrogens is 1. The average Bonchev–Trinajstić information content (AvgIpc) is 3.55. The number of carboxylic acids is 1. The lowest BCUT2D eigenvalue weighted by Crippen LogP contribution is -2.48. The number of hydrogen-bond acceptors (Lipinski definition) is 6. The molecule has 1 aliphatic carbocycles. The fourth-order valence-electron chi connectivity index (χ4n) is 3.81. The zero-order chi connectivity index (χ0) is 24.3. The summed E-state index contributed by atoms with van der Waals surface area (Å²) in [5.74, 6) is 1.46. The quantitative estimate of drug-likeness (QED) is 0.483. The van der Waals surface area contributed by atoms with Crippen LogP contribution in [0.15, 0.2) is 52.9 Å². The number of amides is 1. The average molecular weight is 465 g/mol. The molecule has 4 rings (SSSR count). The fraction of sp³-hybridized carbons (Fsp3) is 0.346. The smallest absolute Gasteiger partial charge is 0.416 e. The van der Waals surface area contributed by atoms with Crippen molar-refractivity contribution in [2.24, 2.45) is 0 Å². The van der Waals surface area contributed by atoms with Crippen molar-refractivity contribution in [1.29, 1.82) is 0 Å². The van der Waals surface area contributed by atoms with Gasteiger partial charge in [0, 0.05) is 13.3 Å². The SMILES string of the molecule is Cc1ccc(OC(=O)N(Cc2ccc(OCCc3nc(C)oc3C)cc2)C2(C(=O)O)CC2)cc1. The summed E-state index contributed by atoms with van der Waals surface area (Å²) >= 11 is 0. The third-order valence-corrected chi connectivity index (χ3v) is 5.96. The summed E-state index contributed by atoms with van der Waals surface area (Å²) in [5.41, 5.74) is 1.46. The number of aliphatic carboxylic acids is 1. The number of hydrogen-bond donors (Lipinski definition) is 1. The van der Waals surface area contributed by atoms with Crippen LogP contribution in [0.3, 0.4) is 0 Å². The van der Waals surface area contributed by atoms with Gasteiger partial charge < -0.3 is 19.0 Å². The van der Waals surface area contributed by atoms with Gasteiger partial charge in [0.25, 0.3) is 0 Å². The summed E-state index contributed by atoms with van der Waals surface area (Å²) < 4.78 is 16.7. The highest BCUT2D eigenvalue weighted by Gasteiger charge is 2.57. The molecule has 8 heteroatoms. The molecule has 1 heterocycles. The normalized spacial score (nSPS) is 13.9. The Morgan fingerprint density at radius 3 is 2.24 bits per heavy atom. The molecule has 3 aromatic rings. The number of carbonyl (C=O) groups excluding carboxylic acids is 1. The molecule has 1 fully saturated rings. The van der Waals surface area contributed by atoms with Crippen LogP contribution >= 0.6 is 0 Å². The topological polar surface area (TPSA) is 102 Å². The Morgan fingerprint density at radius 1 is 1.03 bits per heavy atom. The van der Waals surface area contributed by atoms with E-state index < -0.39 is 17.6 Å². The summed E-state index contributed by atoms with van der Waals surface area (Å²) in [6.45, 7) is 6.19. The third-order valence-electron chi connectivity index (χ3n) is 5.96. The molecule has 0 saturated heterocycles. The maximum Gasteiger partial charge on any atom is 0.416 e. The van der Waals surface area contributed by atoms with Crippen LogP contribution < -0.4 is 9.47 Å². The molecule has 1 amide bonds. The van der Waals surface area contributed by atoms with Crippen molar-refractivity contribution in [3.63, 3.8) is 0 Å². The molecule has 178 valence electrons. The molecule has 8 nitrogen and oxygen atoms in total. The molecule has 0 spiro atoms. The van der Waals surface area contributed by atoms with Crippen LogP contribution in [0, 0.1) is 20.8 Å². The van der Waals surface area contributed by atoms with Crippen molar-refractivity contribution in [3.8, 4) is 11.5 Å². The standard InChI is InChI=1S/C26H28N2O6/c1-17-4-8-22(9-5-17)34-25(31)28(26(13-14-26)24(29)30)16-20-6-10-21(11-7-20)32-15-12-23-18(2)33-19(3)27-23/h4-11H,12-16H2,1-3H3,(H,29,30). The van der Waals surface area contributed by atoms with Crippen molar-refractivity contribution in [3.05, 3.63) is 77.0 Å². The van der Waals surface area contributed by atoms with E-state index in [1.807, 2.05) is 45.0 Å². The first-order valence-corrected chi connectivity index (χ1v) is 11.2. The second kappa shape index (κ2) is 9.59. The van der Waals surface area contributed by atoms with Gasteiger partial charge in [0.15, 0.2) is 5.89 Å². The number of nitrogens with zero attached hydrogens (tertiary/aromatic N) is 2. The van der Waals surface area contributed by atoms with Gasteiger partial charge in [-0.2, -0.15) is 0 Å². The molecule has 2 aromatic carbocycles. The maximum atomic E-state index is 13.0. The van der Waals surface area contributed by atoms with Gasteiger partial charge in [0.05, 0.1) is 18.8 Å². The summed E-state index contributed by atoms with van der Waals surface area (Å²) in [6, 6.07) is 14.3. The van der Waals surface area contributed by atoms with Crippen LogP contribution in [0.2, 0.25) is 0 Å². The predicted octanol–water partition coefficient (Wildman–Crippen LogP) is 4.84. The van der Waals surface area contributed by atoms with E-state index in [0.717, 1.165) is 22.6 Å². The lowest BCUT2D eigenvalue weighted by Gasteiger charge is -2.28. The summed E-state index contributed by atoms with van der Waals surface area (Å²) in [7, 11) is 0. The van der Waals surface area contributed by atoms with Gasteiger partial charge in [0.1, 0.15) is 22.8 Å². The Hall–Kier alpha value is -3.81. The number of oxazole rings is 1. The van der Waals surface area contributed by atoms with Gasteiger partial charge in [-0.25, -0.2) is 14.6 Å². The first-order valence-electron chi connectivity index (χ1n) is 11.2. The van der Waals surface area contributed by atoms with Crippen LogP contribution in [0.1, 0.15) is 41.3 Å². The van der Waals surface area contributed by atoms with Crippen LogP contribution in [0.4, 0.5) is 4.79 Å². The summed E-state index contributed by atoms with van der Waals surface area (Å²) in [6.07, 6.45) is 0.744. The first kappa shape index (κ1) is 23.4. The molecule has 1 N–H and O–H groups in total. The Morgan fingerprint density at radius 2 is 1.68 bits per heavy atom. The van der Waals surface area contributed by atoms with Gasteiger partial charge in [-0.1, -0.05) is 29.8 Å². The van der Waals surface area contributed by atoms with Crippen LogP contribution in [-0.2, 0) is 17.8 Å². The van der Waals surface area contributed by atoms with Crippen molar-refractivity contribution >= 4 is 12.1 Å². The maximum absolute atomic E-state index is 13.0. The minimum atomic E-state index is -1.23. The summed E-state index contributed by atoms with van der Waals surface area (Å²) in [4.78, 5) is 30.6. The van der Waals surface area contributed by atoms with E-state index in [0.29, 0.717) is 43.3 Å². The molecule has 34 heavy (non-hydrogen) atoms. The molecule has 0 atom stereocenters. The summed E-state index contributed by atoms with van der Waals surface area (Å²) in [5, 5.41) is 9.78. The monoisotopic (exact) mass is 464 g/mol. The van der Waals surface area contributed by atoms with E-state index in [2.05, 4.69) is 4.98 Å². The Kier molecular flexibility index (Phi) is 6.58. The second-order valence-corrected chi connectivity index (χ2v) is 8.58. The third kappa shape index (κ3) is 5.22.